The number of Topliss-reactive ketones (excluding diaryl/α,β-unsaturated/α-hetero) is 1. The molecule has 4 rings (SSSR count). The van der Waals surface area contributed by atoms with Gasteiger partial charge >= 0.3 is 0 Å². The number of hydrogen-bond donors (Lipinski definition) is 2. The predicted molar refractivity (Wildman–Crippen MR) is 122 cm³/mol. The predicted octanol–water partition coefficient (Wildman–Crippen LogP) is 2.83. The number of pyridine rings is 1. The Balaban J connectivity index is 1.89. The van der Waals surface area contributed by atoms with Gasteiger partial charge in [-0.25, -0.2) is 9.97 Å². The summed E-state index contributed by atoms with van der Waals surface area (Å²) in [6.07, 6.45) is 4.95. The van der Waals surface area contributed by atoms with Crippen LogP contribution in [-0.2, 0) is 12.0 Å². The standard InChI is InChI=1S/C23H30N6O3/c1-5-8-9-32-22-16(10-15(11-25-22)14(4)30)20-26-18-17(6-2)29(23(7-3)12-24-13-23)28-19(18)21(31)27-20/h10-11,24H,5-9,12-13H2,1-4H3,(H,26,27,31). The molecule has 0 spiro atoms. The summed E-state index contributed by atoms with van der Waals surface area (Å²) >= 11 is 0. The van der Waals surface area contributed by atoms with Crippen LogP contribution in [0.5, 0.6) is 5.88 Å². The summed E-state index contributed by atoms with van der Waals surface area (Å²) in [7, 11) is 0. The van der Waals surface area contributed by atoms with Gasteiger partial charge in [-0.15, -0.1) is 0 Å². The topological polar surface area (TPSA) is 115 Å². The number of H-pyrrole nitrogens is 1. The van der Waals surface area contributed by atoms with E-state index in [-0.39, 0.29) is 16.9 Å². The molecule has 32 heavy (non-hydrogen) atoms. The first kappa shape index (κ1) is 22.1. The fourth-order valence-corrected chi connectivity index (χ4v) is 4.06. The molecule has 0 unspecified atom stereocenters. The summed E-state index contributed by atoms with van der Waals surface area (Å²) in [5, 5.41) is 8.00. The maximum atomic E-state index is 13.1. The van der Waals surface area contributed by atoms with Crippen LogP contribution in [0.4, 0.5) is 0 Å². The number of aromatic amines is 1. The van der Waals surface area contributed by atoms with Gasteiger partial charge in [-0.2, -0.15) is 5.10 Å². The average Bonchev–Trinajstić information content (AvgIpc) is 3.13. The maximum Gasteiger partial charge on any atom is 0.279 e. The van der Waals surface area contributed by atoms with Crippen LogP contribution >= 0.6 is 0 Å². The van der Waals surface area contributed by atoms with E-state index < -0.39 is 0 Å². The molecule has 0 bridgehead atoms. The quantitative estimate of drug-likeness (QED) is 0.390. The van der Waals surface area contributed by atoms with Crippen molar-refractivity contribution in [2.75, 3.05) is 19.7 Å². The Bertz CT molecular complexity index is 1200. The highest BCUT2D eigenvalue weighted by Gasteiger charge is 2.40. The van der Waals surface area contributed by atoms with Crippen molar-refractivity contribution in [2.24, 2.45) is 0 Å². The minimum Gasteiger partial charge on any atom is -0.477 e. The molecule has 9 heteroatoms. The lowest BCUT2D eigenvalue weighted by atomic mass is 9.89. The number of aromatic nitrogens is 5. The van der Waals surface area contributed by atoms with Gasteiger partial charge in [-0.05, 0) is 32.3 Å². The van der Waals surface area contributed by atoms with Gasteiger partial charge in [0.15, 0.2) is 11.3 Å². The second kappa shape index (κ2) is 8.82. The van der Waals surface area contributed by atoms with Crippen molar-refractivity contribution < 1.29 is 9.53 Å². The Hall–Kier alpha value is -3.07. The summed E-state index contributed by atoms with van der Waals surface area (Å²) in [6, 6.07) is 1.68. The molecule has 0 aromatic carbocycles. The SMILES string of the molecule is CCCCOc1ncc(C(C)=O)cc1-c1nc2c(CC)n(C3(CC)CNC3)nc2c(=O)[nH]1. The molecular weight excluding hydrogens is 408 g/mol. The largest absolute Gasteiger partial charge is 0.477 e. The third-order valence-corrected chi connectivity index (χ3v) is 6.22. The molecular formula is C23H30N6O3. The second-order valence-corrected chi connectivity index (χ2v) is 8.34. The van der Waals surface area contributed by atoms with Crippen LogP contribution in [0.1, 0.15) is 63.0 Å². The van der Waals surface area contributed by atoms with Crippen LogP contribution in [0.2, 0.25) is 0 Å². The van der Waals surface area contributed by atoms with Crippen molar-refractivity contribution in [3.05, 3.63) is 33.9 Å². The van der Waals surface area contributed by atoms with Crippen molar-refractivity contribution >= 4 is 16.8 Å². The lowest BCUT2D eigenvalue weighted by Gasteiger charge is -2.43. The van der Waals surface area contributed by atoms with E-state index in [2.05, 4.69) is 34.2 Å². The molecule has 0 radical (unpaired) electrons. The number of ether oxygens (including phenoxy) is 1. The van der Waals surface area contributed by atoms with Crippen molar-refractivity contribution in [2.45, 2.75) is 58.9 Å². The third kappa shape index (κ3) is 3.70. The Labute approximate surface area is 186 Å². The summed E-state index contributed by atoms with van der Waals surface area (Å²) in [4.78, 5) is 37.0. The molecule has 0 amide bonds. The number of rotatable bonds is 9. The minimum atomic E-state index is -0.315. The fourth-order valence-electron chi connectivity index (χ4n) is 4.06. The summed E-state index contributed by atoms with van der Waals surface area (Å²) in [5.41, 5.74) is 2.32. The molecule has 9 nitrogen and oxygen atoms in total. The van der Waals surface area contributed by atoms with Gasteiger partial charge in [0.1, 0.15) is 11.3 Å². The number of fused-ring (bicyclic) bond motifs is 1. The molecule has 0 atom stereocenters. The summed E-state index contributed by atoms with van der Waals surface area (Å²) in [6.45, 7) is 9.86. The Morgan fingerprint density at radius 1 is 1.25 bits per heavy atom. The fraction of sp³-hybridized carbons (Fsp3) is 0.522. The lowest BCUT2D eigenvalue weighted by molar-refractivity contribution is 0.101. The molecule has 0 aliphatic carbocycles. The highest BCUT2D eigenvalue weighted by Crippen LogP contribution is 2.31. The van der Waals surface area contributed by atoms with E-state index >= 15 is 0 Å². The number of aryl methyl sites for hydroxylation is 1. The second-order valence-electron chi connectivity index (χ2n) is 8.34. The van der Waals surface area contributed by atoms with Crippen molar-refractivity contribution in [3.8, 4) is 17.3 Å². The lowest BCUT2D eigenvalue weighted by Crippen LogP contribution is -2.61. The molecule has 170 valence electrons. The third-order valence-electron chi connectivity index (χ3n) is 6.22. The maximum absolute atomic E-state index is 13.1. The number of nitrogens with one attached hydrogen (secondary N) is 2. The monoisotopic (exact) mass is 438 g/mol. The Morgan fingerprint density at radius 2 is 2.03 bits per heavy atom. The van der Waals surface area contributed by atoms with Gasteiger partial charge in [-0.3, -0.25) is 14.3 Å². The molecule has 4 heterocycles. The van der Waals surface area contributed by atoms with E-state index in [9.17, 15) is 9.59 Å². The van der Waals surface area contributed by atoms with Crippen molar-refractivity contribution in [1.82, 2.24) is 30.0 Å². The first-order valence-electron chi connectivity index (χ1n) is 11.3. The highest BCUT2D eigenvalue weighted by molar-refractivity contribution is 5.95. The molecule has 1 aliphatic rings. The van der Waals surface area contributed by atoms with Gasteiger partial charge < -0.3 is 15.0 Å². The summed E-state index contributed by atoms with van der Waals surface area (Å²) in [5.74, 6) is 0.562. The van der Waals surface area contributed by atoms with E-state index in [1.807, 2.05) is 11.6 Å². The Morgan fingerprint density at radius 3 is 2.62 bits per heavy atom. The van der Waals surface area contributed by atoms with Crippen LogP contribution in [0.15, 0.2) is 17.1 Å². The summed E-state index contributed by atoms with van der Waals surface area (Å²) < 4.78 is 7.85. The molecule has 0 saturated carbocycles. The van der Waals surface area contributed by atoms with Gasteiger partial charge in [0.05, 0.1) is 23.4 Å². The number of unbranched alkanes of at least 4 members (excludes halogenated alkanes) is 1. The zero-order chi connectivity index (χ0) is 22.9. The first-order valence-corrected chi connectivity index (χ1v) is 11.3. The first-order chi connectivity index (χ1) is 15.4. The number of ketones is 1. The molecule has 2 N–H and O–H groups in total. The number of hydrogen-bond acceptors (Lipinski definition) is 7. The van der Waals surface area contributed by atoms with E-state index in [4.69, 9.17) is 9.72 Å². The van der Waals surface area contributed by atoms with Crippen LogP contribution in [-0.4, -0.2) is 50.2 Å². The number of nitrogens with zero attached hydrogens (tertiary/aromatic N) is 4. The number of carbonyl (C=O) groups excluding carboxylic acids is 1. The van der Waals surface area contributed by atoms with Crippen LogP contribution < -0.4 is 15.6 Å². The van der Waals surface area contributed by atoms with Crippen molar-refractivity contribution in [3.63, 3.8) is 0 Å². The van der Waals surface area contributed by atoms with Crippen LogP contribution in [0.25, 0.3) is 22.4 Å². The van der Waals surface area contributed by atoms with Gasteiger partial charge in [0.25, 0.3) is 5.56 Å². The zero-order valence-electron chi connectivity index (χ0n) is 19.1. The molecule has 1 saturated heterocycles. The van der Waals surface area contributed by atoms with Crippen LogP contribution in [0, 0.1) is 0 Å². The minimum absolute atomic E-state index is 0.119. The van der Waals surface area contributed by atoms with E-state index in [0.717, 1.165) is 38.0 Å². The van der Waals surface area contributed by atoms with Gasteiger partial charge in [0, 0.05) is 24.8 Å². The smallest absolute Gasteiger partial charge is 0.279 e. The molecule has 1 aliphatic heterocycles. The normalized spacial score (nSPS) is 15.0. The molecule has 1 fully saturated rings. The zero-order valence-corrected chi connectivity index (χ0v) is 19.1. The average molecular weight is 439 g/mol. The van der Waals surface area contributed by atoms with E-state index in [1.54, 1.807) is 6.07 Å². The number of carbonyl (C=O) groups is 1. The van der Waals surface area contributed by atoms with E-state index in [1.165, 1.54) is 13.1 Å². The van der Waals surface area contributed by atoms with Crippen LogP contribution in [0.3, 0.4) is 0 Å². The van der Waals surface area contributed by atoms with Gasteiger partial charge in [0.2, 0.25) is 5.88 Å². The highest BCUT2D eigenvalue weighted by atomic mass is 16.5. The van der Waals surface area contributed by atoms with E-state index in [0.29, 0.717) is 46.9 Å². The molecule has 3 aromatic heterocycles. The molecule has 3 aromatic rings. The van der Waals surface area contributed by atoms with Crippen molar-refractivity contribution in [1.29, 1.82) is 0 Å². The van der Waals surface area contributed by atoms with Gasteiger partial charge in [-0.1, -0.05) is 27.2 Å². The Kier molecular flexibility index (Phi) is 6.10.